The third kappa shape index (κ3) is 6.26. The Labute approximate surface area is 132 Å². The maximum Gasteiger partial charge on any atom is 0.407 e. The molecule has 1 unspecified atom stereocenters. The number of carbonyl (C=O) groups is 2. The van der Waals surface area contributed by atoms with Crippen molar-refractivity contribution in [2.45, 2.75) is 31.7 Å². The summed E-state index contributed by atoms with van der Waals surface area (Å²) in [6.45, 7) is 3.40. The molecule has 0 aliphatic rings. The van der Waals surface area contributed by atoms with Crippen LogP contribution in [0.15, 0.2) is 30.3 Å². The number of benzene rings is 1. The molecule has 0 aromatic heterocycles. The highest BCUT2D eigenvalue weighted by atomic mass is 32.2. The van der Waals surface area contributed by atoms with Gasteiger partial charge in [-0.15, -0.1) is 0 Å². The fourth-order valence-electron chi connectivity index (χ4n) is 1.67. The molecule has 1 aromatic rings. The third-order valence-electron chi connectivity index (χ3n) is 2.92. The molecule has 1 N–H and O–H groups in total. The van der Waals surface area contributed by atoms with Crippen molar-refractivity contribution >= 4 is 22.9 Å². The molecular formula is C15H21NO5S. The van der Waals surface area contributed by atoms with Crippen molar-refractivity contribution in [3.63, 3.8) is 0 Å². The van der Waals surface area contributed by atoms with E-state index in [1.807, 2.05) is 30.3 Å². The predicted molar refractivity (Wildman–Crippen MR) is 83.7 cm³/mol. The molecule has 1 rings (SSSR count). The van der Waals surface area contributed by atoms with Crippen molar-refractivity contribution < 1.29 is 23.3 Å². The topological polar surface area (TPSA) is 81.7 Å². The Bertz CT molecular complexity index is 520. The van der Waals surface area contributed by atoms with E-state index in [9.17, 15) is 13.8 Å². The van der Waals surface area contributed by atoms with Crippen LogP contribution in [0.4, 0.5) is 4.79 Å². The number of nitrogens with one attached hydrogen (secondary N) is 1. The normalized spacial score (nSPS) is 14.5. The maximum atomic E-state index is 11.9. The van der Waals surface area contributed by atoms with Gasteiger partial charge < -0.3 is 14.8 Å². The number of hydrogen-bond acceptors (Lipinski definition) is 5. The summed E-state index contributed by atoms with van der Waals surface area (Å²) >= 11 is 0. The average Bonchev–Trinajstić information content (AvgIpc) is 2.52. The fraction of sp³-hybridized carbons (Fsp3) is 0.467. The minimum absolute atomic E-state index is 0.150. The highest BCUT2D eigenvalue weighted by Crippen LogP contribution is 2.03. The first-order valence-electron chi connectivity index (χ1n) is 6.86. The summed E-state index contributed by atoms with van der Waals surface area (Å²) in [6.07, 6.45) is -0.584. The summed E-state index contributed by atoms with van der Waals surface area (Å²) in [6, 6.07) is 8.92. The Balaban J connectivity index is 2.35. The summed E-state index contributed by atoms with van der Waals surface area (Å²) in [5, 5.41) is 1.86. The van der Waals surface area contributed by atoms with E-state index in [4.69, 9.17) is 4.74 Å². The van der Waals surface area contributed by atoms with E-state index >= 15 is 0 Å². The number of ether oxygens (including phenoxy) is 2. The zero-order valence-electron chi connectivity index (χ0n) is 12.9. The molecule has 0 fully saturated rings. The van der Waals surface area contributed by atoms with Crippen LogP contribution in [-0.2, 0) is 31.7 Å². The van der Waals surface area contributed by atoms with Gasteiger partial charge in [0.15, 0.2) is 0 Å². The monoisotopic (exact) mass is 327 g/mol. The minimum atomic E-state index is -1.43. The molecule has 0 saturated heterocycles. The lowest BCUT2D eigenvalue weighted by Gasteiger charge is -2.16. The molecule has 3 atom stereocenters. The van der Waals surface area contributed by atoms with Gasteiger partial charge in [0.2, 0.25) is 0 Å². The first kappa shape index (κ1) is 18.2. The summed E-state index contributed by atoms with van der Waals surface area (Å²) in [4.78, 5) is 22.9. The van der Waals surface area contributed by atoms with E-state index in [-0.39, 0.29) is 18.4 Å². The van der Waals surface area contributed by atoms with E-state index in [2.05, 4.69) is 10.1 Å². The molecule has 122 valence electrons. The van der Waals surface area contributed by atoms with E-state index in [0.29, 0.717) is 0 Å². The smallest absolute Gasteiger partial charge is 0.407 e. The second-order valence-electron chi connectivity index (χ2n) is 4.82. The fourth-order valence-corrected chi connectivity index (χ4v) is 2.85. The van der Waals surface area contributed by atoms with Gasteiger partial charge in [0, 0.05) is 22.6 Å². The van der Waals surface area contributed by atoms with Crippen molar-refractivity contribution in [1.82, 2.24) is 5.32 Å². The van der Waals surface area contributed by atoms with Gasteiger partial charge >= 0.3 is 12.1 Å². The van der Waals surface area contributed by atoms with Crippen LogP contribution in [0.2, 0.25) is 0 Å². The Kier molecular flexibility index (Phi) is 7.59. The highest BCUT2D eigenvalue weighted by molar-refractivity contribution is 7.86. The first-order valence-corrected chi connectivity index (χ1v) is 8.24. The molecule has 6 nitrogen and oxygen atoms in total. The van der Waals surface area contributed by atoms with Gasteiger partial charge in [0.05, 0.1) is 7.11 Å². The maximum absolute atomic E-state index is 11.9. The SMILES string of the molecule is COC(=O)[C@@H](C)S(=O)C[C@H](C)NC(=O)OCc1ccccc1. The average molecular weight is 327 g/mol. The molecule has 0 bridgehead atoms. The Hall–Kier alpha value is -1.89. The minimum Gasteiger partial charge on any atom is -0.468 e. The van der Waals surface area contributed by atoms with Gasteiger partial charge in [-0.05, 0) is 19.4 Å². The van der Waals surface area contributed by atoms with Crippen LogP contribution in [0.25, 0.3) is 0 Å². The lowest BCUT2D eigenvalue weighted by Crippen LogP contribution is -2.39. The predicted octanol–water partition coefficient (Wildman–Crippen LogP) is 1.61. The van der Waals surface area contributed by atoms with Crippen molar-refractivity contribution in [1.29, 1.82) is 0 Å². The lowest BCUT2D eigenvalue weighted by molar-refractivity contribution is -0.139. The van der Waals surface area contributed by atoms with Gasteiger partial charge in [0.1, 0.15) is 11.9 Å². The number of alkyl carbamates (subject to hydrolysis) is 1. The van der Waals surface area contributed by atoms with Gasteiger partial charge in [-0.2, -0.15) is 0 Å². The Morgan fingerprint density at radius 2 is 1.86 bits per heavy atom. The van der Waals surface area contributed by atoms with E-state index < -0.39 is 28.1 Å². The molecule has 0 heterocycles. The van der Waals surface area contributed by atoms with Crippen LogP contribution in [0.3, 0.4) is 0 Å². The number of hydrogen-bond donors (Lipinski definition) is 1. The number of methoxy groups -OCH3 is 1. The molecule has 0 spiro atoms. The van der Waals surface area contributed by atoms with Crippen LogP contribution in [0.5, 0.6) is 0 Å². The lowest BCUT2D eigenvalue weighted by atomic mass is 10.2. The van der Waals surface area contributed by atoms with E-state index in [1.165, 1.54) is 14.0 Å². The zero-order chi connectivity index (χ0) is 16.5. The van der Waals surface area contributed by atoms with Crippen molar-refractivity contribution in [3.8, 4) is 0 Å². The van der Waals surface area contributed by atoms with Gasteiger partial charge in [-0.1, -0.05) is 30.3 Å². The van der Waals surface area contributed by atoms with Gasteiger partial charge in [0.25, 0.3) is 0 Å². The number of carbonyl (C=O) groups excluding carboxylic acids is 2. The molecular weight excluding hydrogens is 306 g/mol. The third-order valence-corrected chi connectivity index (χ3v) is 4.73. The first-order chi connectivity index (χ1) is 10.4. The second kappa shape index (κ2) is 9.19. The molecule has 0 radical (unpaired) electrons. The molecule has 0 aliphatic heterocycles. The van der Waals surface area contributed by atoms with Gasteiger partial charge in [-0.3, -0.25) is 9.00 Å². The number of rotatable bonds is 7. The van der Waals surface area contributed by atoms with Crippen LogP contribution in [-0.4, -0.2) is 40.4 Å². The summed E-state index contributed by atoms with van der Waals surface area (Å²) in [5.41, 5.74) is 0.883. The summed E-state index contributed by atoms with van der Waals surface area (Å²) in [7, 11) is -0.177. The van der Waals surface area contributed by atoms with Crippen LogP contribution < -0.4 is 5.32 Å². The van der Waals surface area contributed by atoms with Crippen molar-refractivity contribution in [3.05, 3.63) is 35.9 Å². The van der Waals surface area contributed by atoms with Crippen molar-refractivity contribution in [2.24, 2.45) is 0 Å². The summed E-state index contributed by atoms with van der Waals surface area (Å²) in [5.74, 6) is -0.381. The molecule has 22 heavy (non-hydrogen) atoms. The zero-order valence-corrected chi connectivity index (χ0v) is 13.7. The molecule has 7 heteroatoms. The Morgan fingerprint density at radius 3 is 2.45 bits per heavy atom. The molecule has 0 saturated carbocycles. The Morgan fingerprint density at radius 1 is 1.23 bits per heavy atom. The molecule has 1 aromatic carbocycles. The van der Waals surface area contributed by atoms with Crippen LogP contribution in [0.1, 0.15) is 19.4 Å². The molecule has 1 amide bonds. The number of amides is 1. The van der Waals surface area contributed by atoms with Crippen LogP contribution in [0, 0.1) is 0 Å². The van der Waals surface area contributed by atoms with Gasteiger partial charge in [-0.25, -0.2) is 4.79 Å². The standard InChI is InChI=1S/C15H21NO5S/c1-11(10-22(19)12(2)14(17)20-3)16-15(18)21-9-13-7-5-4-6-8-13/h4-8,11-12H,9-10H2,1-3H3,(H,16,18)/t11-,12+,22?/m0/s1. The summed E-state index contributed by atoms with van der Waals surface area (Å²) < 4.78 is 21.5. The van der Waals surface area contributed by atoms with E-state index in [0.717, 1.165) is 5.56 Å². The van der Waals surface area contributed by atoms with Crippen LogP contribution >= 0.6 is 0 Å². The largest absolute Gasteiger partial charge is 0.468 e. The highest BCUT2D eigenvalue weighted by Gasteiger charge is 2.23. The number of esters is 1. The quantitative estimate of drug-likeness (QED) is 0.770. The van der Waals surface area contributed by atoms with Crippen molar-refractivity contribution in [2.75, 3.05) is 12.9 Å². The van der Waals surface area contributed by atoms with E-state index in [1.54, 1.807) is 6.92 Å². The second-order valence-corrected chi connectivity index (χ2v) is 6.62. The molecule has 0 aliphatic carbocycles.